The van der Waals surface area contributed by atoms with E-state index in [0.29, 0.717) is 12.1 Å². The molecule has 0 saturated carbocycles. The van der Waals surface area contributed by atoms with E-state index in [4.69, 9.17) is 5.73 Å². The van der Waals surface area contributed by atoms with Gasteiger partial charge < -0.3 is 11.1 Å². The van der Waals surface area contributed by atoms with Gasteiger partial charge in [-0.1, -0.05) is 19.9 Å². The summed E-state index contributed by atoms with van der Waals surface area (Å²) in [4.78, 5) is 0. The largest absolute Gasteiger partial charge is 0.399 e. The Morgan fingerprint density at radius 1 is 1.35 bits per heavy atom. The first-order valence-electron chi connectivity index (χ1n) is 6.70. The fourth-order valence-corrected chi connectivity index (χ4v) is 2.93. The van der Waals surface area contributed by atoms with Crippen molar-refractivity contribution in [3.63, 3.8) is 0 Å². The Bertz CT molecular complexity index is 385. The van der Waals surface area contributed by atoms with Crippen LogP contribution in [0.25, 0.3) is 0 Å². The molecule has 1 aliphatic carbocycles. The maximum atomic E-state index is 5.82. The highest BCUT2D eigenvalue weighted by Gasteiger charge is 2.23. The molecule has 0 heterocycles. The van der Waals surface area contributed by atoms with Gasteiger partial charge in [-0.25, -0.2) is 0 Å². The molecule has 2 atom stereocenters. The molecule has 0 saturated heterocycles. The number of nitrogens with two attached hydrogens (primary N) is 1. The predicted octanol–water partition coefficient (Wildman–Crippen LogP) is 3.28. The molecule has 0 radical (unpaired) electrons. The predicted molar refractivity (Wildman–Crippen MR) is 74.0 cm³/mol. The highest BCUT2D eigenvalue weighted by Crippen LogP contribution is 2.32. The van der Waals surface area contributed by atoms with Crippen molar-refractivity contribution in [3.8, 4) is 0 Å². The summed E-state index contributed by atoms with van der Waals surface area (Å²) in [6.07, 6.45) is 3.61. The first-order valence-corrected chi connectivity index (χ1v) is 6.70. The molecular formula is C15H24N2. The number of anilines is 1. The number of rotatable bonds is 4. The second-order valence-corrected chi connectivity index (χ2v) is 5.75. The van der Waals surface area contributed by atoms with Crippen LogP contribution >= 0.6 is 0 Å². The van der Waals surface area contributed by atoms with Crippen LogP contribution in [0.3, 0.4) is 0 Å². The van der Waals surface area contributed by atoms with Gasteiger partial charge in [0.25, 0.3) is 0 Å². The van der Waals surface area contributed by atoms with Crippen LogP contribution in [-0.4, -0.2) is 6.04 Å². The Kier molecular flexibility index (Phi) is 3.72. The molecule has 2 nitrogen and oxygen atoms in total. The third-order valence-corrected chi connectivity index (χ3v) is 3.56. The van der Waals surface area contributed by atoms with Gasteiger partial charge >= 0.3 is 0 Å². The lowest BCUT2D eigenvalue weighted by molar-refractivity contribution is 0.393. The van der Waals surface area contributed by atoms with Crippen LogP contribution in [0.5, 0.6) is 0 Å². The monoisotopic (exact) mass is 232 g/mol. The lowest BCUT2D eigenvalue weighted by Gasteiger charge is -2.21. The minimum Gasteiger partial charge on any atom is -0.399 e. The molecule has 2 heteroatoms. The van der Waals surface area contributed by atoms with Gasteiger partial charge in [0.2, 0.25) is 0 Å². The van der Waals surface area contributed by atoms with E-state index >= 15 is 0 Å². The summed E-state index contributed by atoms with van der Waals surface area (Å²) >= 11 is 0. The highest BCUT2D eigenvalue weighted by molar-refractivity contribution is 5.47. The van der Waals surface area contributed by atoms with Gasteiger partial charge in [-0.3, -0.25) is 0 Å². The van der Waals surface area contributed by atoms with Gasteiger partial charge in [0.15, 0.2) is 0 Å². The molecule has 94 valence electrons. The van der Waals surface area contributed by atoms with E-state index in [1.807, 2.05) is 6.07 Å². The summed E-state index contributed by atoms with van der Waals surface area (Å²) < 4.78 is 0. The Labute approximate surface area is 105 Å². The quantitative estimate of drug-likeness (QED) is 0.782. The van der Waals surface area contributed by atoms with E-state index in [9.17, 15) is 0 Å². The summed E-state index contributed by atoms with van der Waals surface area (Å²) in [6.45, 7) is 6.85. The van der Waals surface area contributed by atoms with Crippen molar-refractivity contribution >= 4 is 5.69 Å². The van der Waals surface area contributed by atoms with Gasteiger partial charge in [-0.15, -0.1) is 0 Å². The number of nitrogens with one attached hydrogen (secondary N) is 1. The number of hydrogen-bond acceptors (Lipinski definition) is 2. The van der Waals surface area contributed by atoms with E-state index in [0.717, 1.165) is 18.0 Å². The molecule has 0 aliphatic heterocycles. The first-order chi connectivity index (χ1) is 8.06. The van der Waals surface area contributed by atoms with Crippen LogP contribution in [0.15, 0.2) is 18.2 Å². The Hall–Kier alpha value is -1.02. The second kappa shape index (κ2) is 5.09. The van der Waals surface area contributed by atoms with Crippen molar-refractivity contribution in [2.75, 3.05) is 5.73 Å². The lowest BCUT2D eigenvalue weighted by atomic mass is 10.0. The van der Waals surface area contributed by atoms with Crippen molar-refractivity contribution < 1.29 is 0 Å². The fourth-order valence-electron chi connectivity index (χ4n) is 2.93. The Morgan fingerprint density at radius 3 is 2.82 bits per heavy atom. The topological polar surface area (TPSA) is 38.0 Å². The van der Waals surface area contributed by atoms with E-state index in [2.05, 4.69) is 38.2 Å². The molecule has 17 heavy (non-hydrogen) atoms. The fraction of sp³-hybridized carbons (Fsp3) is 0.600. The average molecular weight is 232 g/mol. The average Bonchev–Trinajstić information content (AvgIpc) is 2.59. The SMILES string of the molecule is CC(C)CC(C)NC1CCc2cc(N)ccc21. The van der Waals surface area contributed by atoms with Crippen molar-refractivity contribution in [1.29, 1.82) is 0 Å². The molecule has 0 bridgehead atoms. The normalized spacial score (nSPS) is 20.6. The molecule has 2 rings (SSSR count). The number of benzene rings is 1. The Balaban J connectivity index is 2.02. The van der Waals surface area contributed by atoms with Crippen molar-refractivity contribution in [1.82, 2.24) is 5.32 Å². The first kappa shape index (κ1) is 12.4. The molecule has 0 aromatic heterocycles. The minimum absolute atomic E-state index is 0.527. The van der Waals surface area contributed by atoms with Crippen LogP contribution in [0.2, 0.25) is 0 Å². The number of aryl methyl sites for hydroxylation is 1. The van der Waals surface area contributed by atoms with Crippen LogP contribution in [-0.2, 0) is 6.42 Å². The van der Waals surface area contributed by atoms with Gasteiger partial charge in [0.05, 0.1) is 0 Å². The number of nitrogen functional groups attached to an aromatic ring is 1. The van der Waals surface area contributed by atoms with Crippen LogP contribution in [0, 0.1) is 5.92 Å². The molecule has 1 aromatic rings. The maximum absolute atomic E-state index is 5.82. The zero-order valence-electron chi connectivity index (χ0n) is 11.2. The molecule has 1 aromatic carbocycles. The molecule has 0 spiro atoms. The summed E-state index contributed by atoms with van der Waals surface area (Å²) in [5.41, 5.74) is 9.59. The molecule has 0 amide bonds. The van der Waals surface area contributed by atoms with Crippen LogP contribution in [0.4, 0.5) is 5.69 Å². The molecule has 2 unspecified atom stereocenters. The lowest BCUT2D eigenvalue weighted by Crippen LogP contribution is -2.30. The molecule has 3 N–H and O–H groups in total. The van der Waals surface area contributed by atoms with Crippen molar-refractivity contribution in [2.24, 2.45) is 5.92 Å². The van der Waals surface area contributed by atoms with Crippen molar-refractivity contribution in [2.45, 2.75) is 52.1 Å². The standard InChI is InChI=1S/C15H24N2/c1-10(2)8-11(3)17-15-7-4-12-9-13(16)5-6-14(12)15/h5-6,9-11,15,17H,4,7-8,16H2,1-3H3. The van der Waals surface area contributed by atoms with Gasteiger partial charge in [-0.2, -0.15) is 0 Å². The third-order valence-electron chi connectivity index (χ3n) is 3.56. The zero-order valence-corrected chi connectivity index (χ0v) is 11.2. The Morgan fingerprint density at radius 2 is 2.12 bits per heavy atom. The summed E-state index contributed by atoms with van der Waals surface area (Å²) in [5, 5.41) is 3.74. The van der Waals surface area contributed by atoms with Crippen LogP contribution < -0.4 is 11.1 Å². The third kappa shape index (κ3) is 3.01. The highest BCUT2D eigenvalue weighted by atomic mass is 14.9. The maximum Gasteiger partial charge on any atom is 0.0328 e. The number of fused-ring (bicyclic) bond motifs is 1. The van der Waals surface area contributed by atoms with Gasteiger partial charge in [-0.05, 0) is 55.4 Å². The van der Waals surface area contributed by atoms with E-state index in [-0.39, 0.29) is 0 Å². The van der Waals surface area contributed by atoms with E-state index in [1.165, 1.54) is 24.0 Å². The van der Waals surface area contributed by atoms with E-state index in [1.54, 1.807) is 0 Å². The van der Waals surface area contributed by atoms with E-state index < -0.39 is 0 Å². The zero-order chi connectivity index (χ0) is 12.4. The minimum atomic E-state index is 0.527. The molecule has 0 fully saturated rings. The van der Waals surface area contributed by atoms with Crippen LogP contribution in [0.1, 0.15) is 50.8 Å². The van der Waals surface area contributed by atoms with Crippen molar-refractivity contribution in [3.05, 3.63) is 29.3 Å². The summed E-state index contributed by atoms with van der Waals surface area (Å²) in [5.74, 6) is 0.754. The smallest absolute Gasteiger partial charge is 0.0328 e. The molecular weight excluding hydrogens is 208 g/mol. The summed E-state index contributed by atoms with van der Waals surface area (Å²) in [6, 6.07) is 7.45. The summed E-state index contributed by atoms with van der Waals surface area (Å²) in [7, 11) is 0. The van der Waals surface area contributed by atoms with Gasteiger partial charge in [0.1, 0.15) is 0 Å². The second-order valence-electron chi connectivity index (χ2n) is 5.75. The molecule has 1 aliphatic rings. The van der Waals surface area contributed by atoms with Gasteiger partial charge in [0, 0.05) is 17.8 Å². The number of hydrogen-bond donors (Lipinski definition) is 2.